The van der Waals surface area contributed by atoms with Crippen molar-refractivity contribution in [1.82, 2.24) is 0 Å². The summed E-state index contributed by atoms with van der Waals surface area (Å²) in [6.45, 7) is 8.46. The van der Waals surface area contributed by atoms with E-state index in [1.165, 1.54) is 70.6 Å². The molecule has 0 aromatic rings. The third-order valence-electron chi connectivity index (χ3n) is 7.89. The van der Waals surface area contributed by atoms with Gasteiger partial charge in [-0.3, -0.25) is 14.4 Å². The Morgan fingerprint density at radius 2 is 0.846 bits per heavy atom. The van der Waals surface area contributed by atoms with E-state index in [0.29, 0.717) is 6.54 Å². The van der Waals surface area contributed by atoms with Gasteiger partial charge in [0.05, 0.1) is 26.2 Å². The zero-order chi connectivity index (χ0) is 29.5. The number of carboxylic acids is 3. The van der Waals surface area contributed by atoms with Gasteiger partial charge in [-0.25, -0.2) is 0 Å². The van der Waals surface area contributed by atoms with Crippen molar-refractivity contribution in [3.63, 3.8) is 0 Å². The average Bonchev–Trinajstić information content (AvgIpc) is 2.87. The molecule has 3 atom stereocenters. The van der Waals surface area contributed by atoms with Gasteiger partial charge in [-0.05, 0) is 59.3 Å². The van der Waals surface area contributed by atoms with Crippen molar-refractivity contribution in [2.45, 2.75) is 130 Å². The van der Waals surface area contributed by atoms with Gasteiger partial charge in [0.15, 0.2) is 0 Å². The standard InChI is InChI=1S/C32H59NO6/c1-5-6-7-8-9-10-11-12-13-14-15-16-17-18-19-20-21-22-23-33(24-27(2)30(34)35,25-28(3)31(36)37)26-29(4)32(38)39/h14-15,27-29H,5-13,16-26H2,1-4H3,(H2-,34,35,36,37,38,39)/p+1/b15-14+. The second-order valence-corrected chi connectivity index (χ2v) is 12.0. The zero-order valence-electron chi connectivity index (χ0n) is 25.5. The van der Waals surface area contributed by atoms with Gasteiger partial charge in [0.1, 0.15) is 17.8 Å². The number of carboxylic acid groups (broad SMARTS) is 3. The van der Waals surface area contributed by atoms with Gasteiger partial charge in [-0.1, -0.05) is 83.3 Å². The fourth-order valence-electron chi connectivity index (χ4n) is 5.52. The lowest BCUT2D eigenvalue weighted by molar-refractivity contribution is -0.934. The molecule has 0 amide bonds. The first kappa shape index (κ1) is 37.1. The number of allylic oxidation sites excluding steroid dienone is 2. The normalized spacial score (nSPS) is 15.6. The van der Waals surface area contributed by atoms with Crippen molar-refractivity contribution < 1.29 is 34.2 Å². The highest BCUT2D eigenvalue weighted by molar-refractivity contribution is 5.70. The summed E-state index contributed by atoms with van der Waals surface area (Å²) in [4.78, 5) is 34.8. The van der Waals surface area contributed by atoms with Crippen LogP contribution in [0.25, 0.3) is 0 Å². The molecule has 3 unspecified atom stereocenters. The van der Waals surface area contributed by atoms with E-state index in [9.17, 15) is 29.7 Å². The van der Waals surface area contributed by atoms with Crippen LogP contribution >= 0.6 is 0 Å². The summed E-state index contributed by atoms with van der Waals surface area (Å²) in [5.74, 6) is -4.82. The van der Waals surface area contributed by atoms with Gasteiger partial charge in [-0.15, -0.1) is 0 Å². The summed E-state index contributed by atoms with van der Waals surface area (Å²) >= 11 is 0. The molecule has 3 N–H and O–H groups in total. The van der Waals surface area contributed by atoms with Crippen LogP contribution < -0.4 is 0 Å². The first-order valence-corrected chi connectivity index (χ1v) is 15.7. The Hall–Kier alpha value is -1.89. The van der Waals surface area contributed by atoms with E-state index in [4.69, 9.17) is 0 Å². The van der Waals surface area contributed by atoms with Gasteiger partial charge < -0.3 is 19.8 Å². The molecule has 0 fully saturated rings. The van der Waals surface area contributed by atoms with Crippen LogP contribution in [0.1, 0.15) is 130 Å². The fraction of sp³-hybridized carbons (Fsp3) is 0.844. The SMILES string of the molecule is CCCCCCCCCC/C=C/CCCCCCCC[N+](CC(C)C(=O)O)(CC(C)C(=O)O)CC(C)C(=O)O. The molecule has 228 valence electrons. The third-order valence-corrected chi connectivity index (χ3v) is 7.89. The Morgan fingerprint density at radius 1 is 0.538 bits per heavy atom. The molecule has 0 spiro atoms. The number of quaternary nitrogens is 1. The van der Waals surface area contributed by atoms with Gasteiger partial charge in [0.2, 0.25) is 0 Å². The van der Waals surface area contributed by atoms with Crippen LogP contribution in [0.2, 0.25) is 0 Å². The van der Waals surface area contributed by atoms with Crippen LogP contribution in [0.3, 0.4) is 0 Å². The summed E-state index contributed by atoms with van der Waals surface area (Å²) in [6.07, 6.45) is 24.3. The van der Waals surface area contributed by atoms with Crippen LogP contribution in [-0.4, -0.2) is 63.9 Å². The summed E-state index contributed by atoms with van der Waals surface area (Å²) < 4.78 is 0.220. The predicted octanol–water partition coefficient (Wildman–Crippen LogP) is 7.78. The lowest BCUT2D eigenvalue weighted by atomic mass is 10.0. The van der Waals surface area contributed by atoms with E-state index in [1.54, 1.807) is 20.8 Å². The molecule has 0 bridgehead atoms. The number of unbranched alkanes of at least 4 members (excludes halogenated alkanes) is 14. The maximum Gasteiger partial charge on any atom is 0.311 e. The van der Waals surface area contributed by atoms with E-state index in [0.717, 1.165) is 32.1 Å². The van der Waals surface area contributed by atoms with Crippen molar-refractivity contribution in [2.75, 3.05) is 26.2 Å². The number of aliphatic carboxylic acids is 3. The molecule has 0 aromatic heterocycles. The third kappa shape index (κ3) is 19.8. The summed E-state index contributed by atoms with van der Waals surface area (Å²) in [6, 6.07) is 0. The predicted molar refractivity (Wildman–Crippen MR) is 159 cm³/mol. The number of nitrogens with zero attached hydrogens (tertiary/aromatic N) is 1. The van der Waals surface area contributed by atoms with Crippen molar-refractivity contribution in [3.8, 4) is 0 Å². The first-order valence-electron chi connectivity index (χ1n) is 15.7. The van der Waals surface area contributed by atoms with Gasteiger partial charge in [0, 0.05) is 0 Å². The maximum absolute atomic E-state index is 11.6. The second-order valence-electron chi connectivity index (χ2n) is 12.0. The number of hydrogen-bond acceptors (Lipinski definition) is 3. The maximum atomic E-state index is 11.6. The Labute approximate surface area is 238 Å². The monoisotopic (exact) mass is 554 g/mol. The smallest absolute Gasteiger partial charge is 0.311 e. The van der Waals surface area contributed by atoms with E-state index < -0.39 is 35.7 Å². The minimum atomic E-state index is -0.935. The molecule has 0 heterocycles. The van der Waals surface area contributed by atoms with Gasteiger partial charge >= 0.3 is 17.9 Å². The number of carbonyl (C=O) groups is 3. The van der Waals surface area contributed by atoms with E-state index in [1.807, 2.05) is 0 Å². The van der Waals surface area contributed by atoms with Crippen LogP contribution in [0.4, 0.5) is 0 Å². The molecule has 0 saturated carbocycles. The summed E-state index contributed by atoms with van der Waals surface area (Å²) in [7, 11) is 0. The topological polar surface area (TPSA) is 112 Å². The van der Waals surface area contributed by atoms with Crippen LogP contribution in [0, 0.1) is 17.8 Å². The van der Waals surface area contributed by atoms with Gasteiger partial charge in [0.25, 0.3) is 0 Å². The Morgan fingerprint density at radius 3 is 1.18 bits per heavy atom. The van der Waals surface area contributed by atoms with Crippen molar-refractivity contribution in [1.29, 1.82) is 0 Å². The Bertz CT molecular complexity index is 637. The molecular formula is C32H60NO6+. The average molecular weight is 555 g/mol. The largest absolute Gasteiger partial charge is 0.481 e. The van der Waals surface area contributed by atoms with E-state index >= 15 is 0 Å². The van der Waals surface area contributed by atoms with Gasteiger partial charge in [-0.2, -0.15) is 0 Å². The molecular weight excluding hydrogens is 494 g/mol. The minimum absolute atomic E-state index is 0.220. The van der Waals surface area contributed by atoms with Crippen LogP contribution in [0.5, 0.6) is 0 Å². The lowest BCUT2D eigenvalue weighted by Crippen LogP contribution is -2.57. The van der Waals surface area contributed by atoms with Crippen molar-refractivity contribution in [2.24, 2.45) is 17.8 Å². The van der Waals surface area contributed by atoms with Crippen molar-refractivity contribution in [3.05, 3.63) is 12.2 Å². The Balaban J connectivity index is 4.41. The molecule has 39 heavy (non-hydrogen) atoms. The molecule has 0 radical (unpaired) electrons. The highest BCUT2D eigenvalue weighted by Crippen LogP contribution is 2.22. The Kier molecular flexibility index (Phi) is 21.8. The molecule has 0 aliphatic heterocycles. The lowest BCUT2D eigenvalue weighted by Gasteiger charge is -2.42. The van der Waals surface area contributed by atoms with Crippen LogP contribution in [0.15, 0.2) is 12.2 Å². The minimum Gasteiger partial charge on any atom is -0.481 e. The molecule has 7 heteroatoms. The molecule has 7 nitrogen and oxygen atoms in total. The zero-order valence-corrected chi connectivity index (χ0v) is 25.5. The molecule has 0 rings (SSSR count). The highest BCUT2D eigenvalue weighted by Gasteiger charge is 2.38. The second kappa shape index (κ2) is 22.9. The molecule has 0 aliphatic carbocycles. The quantitative estimate of drug-likeness (QED) is 0.0543. The van der Waals surface area contributed by atoms with E-state index in [2.05, 4.69) is 19.1 Å². The molecule has 0 saturated heterocycles. The summed E-state index contributed by atoms with van der Waals surface area (Å²) in [5.41, 5.74) is 0. The fourth-order valence-corrected chi connectivity index (χ4v) is 5.52. The van der Waals surface area contributed by atoms with E-state index in [-0.39, 0.29) is 24.1 Å². The highest BCUT2D eigenvalue weighted by atomic mass is 16.4. The number of rotatable bonds is 27. The van der Waals surface area contributed by atoms with Crippen molar-refractivity contribution >= 4 is 17.9 Å². The number of hydrogen-bond donors (Lipinski definition) is 3. The van der Waals surface area contributed by atoms with Crippen LogP contribution in [-0.2, 0) is 14.4 Å². The molecule has 0 aliphatic rings. The molecule has 0 aromatic carbocycles. The first-order chi connectivity index (χ1) is 18.5. The summed E-state index contributed by atoms with van der Waals surface area (Å²) in [5, 5.41) is 28.5.